The Kier molecular flexibility index (Phi) is 6.79. The van der Waals surface area contributed by atoms with Crippen LogP contribution in [0.3, 0.4) is 0 Å². The summed E-state index contributed by atoms with van der Waals surface area (Å²) in [7, 11) is 0. The van der Waals surface area contributed by atoms with E-state index in [-0.39, 0.29) is 30.2 Å². The fraction of sp³-hybridized carbons (Fsp3) is 0.316. The van der Waals surface area contributed by atoms with E-state index in [4.69, 9.17) is 4.74 Å². The first-order valence-corrected chi connectivity index (χ1v) is 8.14. The summed E-state index contributed by atoms with van der Waals surface area (Å²) >= 11 is 0. The number of halogens is 2. The van der Waals surface area contributed by atoms with Gasteiger partial charge in [0.15, 0.2) is 0 Å². The summed E-state index contributed by atoms with van der Waals surface area (Å²) in [6.07, 6.45) is 1.91. The minimum atomic E-state index is -0.272. The third-order valence-electron chi connectivity index (χ3n) is 4.13. The molecule has 0 spiro atoms. The van der Waals surface area contributed by atoms with Crippen molar-refractivity contribution in [3.8, 4) is 5.75 Å². The summed E-state index contributed by atoms with van der Waals surface area (Å²) in [6.45, 7) is 3.12. The van der Waals surface area contributed by atoms with Gasteiger partial charge in [0, 0.05) is 5.69 Å². The molecule has 1 fully saturated rings. The Labute approximate surface area is 153 Å². The Morgan fingerprint density at radius 1 is 1.32 bits per heavy atom. The monoisotopic (exact) mass is 364 g/mol. The van der Waals surface area contributed by atoms with Crippen LogP contribution in [0.5, 0.6) is 5.75 Å². The standard InChI is InChI=1S/C19H21FN2O2.ClH/c1-13-10-16(24-12-14-4-2-5-15(20)11-14)7-8-17(13)22-19(23)18-6-3-9-21-18;/h2,4-5,7-8,10-11,18,21H,3,6,9,12H2,1H3,(H,22,23);1H. The Balaban J connectivity index is 0.00000225. The lowest BCUT2D eigenvalue weighted by atomic mass is 10.1. The van der Waals surface area contributed by atoms with Gasteiger partial charge in [0.05, 0.1) is 6.04 Å². The summed E-state index contributed by atoms with van der Waals surface area (Å²) in [5.41, 5.74) is 2.49. The Hall–Kier alpha value is -2.11. The van der Waals surface area contributed by atoms with Crippen molar-refractivity contribution < 1.29 is 13.9 Å². The highest BCUT2D eigenvalue weighted by atomic mass is 35.5. The molecule has 1 atom stereocenters. The minimum Gasteiger partial charge on any atom is -0.489 e. The van der Waals surface area contributed by atoms with Crippen LogP contribution in [-0.2, 0) is 11.4 Å². The number of amides is 1. The lowest BCUT2D eigenvalue weighted by molar-refractivity contribution is -0.117. The predicted octanol–water partition coefficient (Wildman–Crippen LogP) is 3.83. The SMILES string of the molecule is Cc1cc(OCc2cccc(F)c2)ccc1NC(=O)C1CCCN1.Cl. The molecule has 25 heavy (non-hydrogen) atoms. The molecule has 0 aromatic heterocycles. The lowest BCUT2D eigenvalue weighted by Gasteiger charge is -2.14. The molecule has 1 aliphatic rings. The van der Waals surface area contributed by atoms with E-state index in [9.17, 15) is 9.18 Å². The predicted molar refractivity (Wildman–Crippen MR) is 98.8 cm³/mol. The minimum absolute atomic E-state index is 0. The fourth-order valence-electron chi connectivity index (χ4n) is 2.79. The molecule has 0 aliphatic carbocycles. The Morgan fingerprint density at radius 3 is 2.84 bits per heavy atom. The van der Waals surface area contributed by atoms with E-state index in [1.165, 1.54) is 12.1 Å². The number of carbonyl (C=O) groups excluding carboxylic acids is 1. The zero-order valence-corrected chi connectivity index (χ0v) is 14.9. The van der Waals surface area contributed by atoms with E-state index in [0.29, 0.717) is 12.4 Å². The maximum absolute atomic E-state index is 13.2. The molecule has 2 aromatic rings. The van der Waals surface area contributed by atoms with E-state index < -0.39 is 0 Å². The van der Waals surface area contributed by atoms with Crippen molar-refractivity contribution in [2.24, 2.45) is 0 Å². The zero-order chi connectivity index (χ0) is 16.9. The van der Waals surface area contributed by atoms with Gasteiger partial charge in [-0.2, -0.15) is 0 Å². The maximum atomic E-state index is 13.2. The zero-order valence-electron chi connectivity index (χ0n) is 14.0. The second kappa shape index (κ2) is 8.83. The van der Waals surface area contributed by atoms with Gasteiger partial charge < -0.3 is 15.4 Å². The van der Waals surface area contributed by atoms with Gasteiger partial charge >= 0.3 is 0 Å². The largest absolute Gasteiger partial charge is 0.489 e. The number of aryl methyl sites for hydroxylation is 1. The van der Waals surface area contributed by atoms with Crippen LogP contribution in [0, 0.1) is 12.7 Å². The highest BCUT2D eigenvalue weighted by Gasteiger charge is 2.22. The normalized spacial score (nSPS) is 16.2. The van der Waals surface area contributed by atoms with Crippen LogP contribution in [0.25, 0.3) is 0 Å². The van der Waals surface area contributed by atoms with Crippen LogP contribution in [0.1, 0.15) is 24.0 Å². The molecule has 1 heterocycles. The van der Waals surface area contributed by atoms with E-state index in [1.807, 2.05) is 31.2 Å². The summed E-state index contributed by atoms with van der Waals surface area (Å²) in [5, 5.41) is 6.14. The van der Waals surface area contributed by atoms with Crippen molar-refractivity contribution in [3.05, 3.63) is 59.4 Å². The molecule has 0 radical (unpaired) electrons. The van der Waals surface area contributed by atoms with Crippen LogP contribution in [0.4, 0.5) is 10.1 Å². The number of rotatable bonds is 5. The molecule has 0 bridgehead atoms. The van der Waals surface area contributed by atoms with Crippen molar-refractivity contribution in [1.82, 2.24) is 5.32 Å². The third kappa shape index (κ3) is 5.18. The fourth-order valence-corrected chi connectivity index (χ4v) is 2.79. The highest BCUT2D eigenvalue weighted by molar-refractivity contribution is 5.95. The number of carbonyl (C=O) groups is 1. The van der Waals surface area contributed by atoms with Crippen molar-refractivity contribution >= 4 is 24.0 Å². The van der Waals surface area contributed by atoms with Crippen LogP contribution in [0.2, 0.25) is 0 Å². The molecule has 1 unspecified atom stereocenters. The van der Waals surface area contributed by atoms with Crippen molar-refractivity contribution in [2.75, 3.05) is 11.9 Å². The molecule has 2 aromatic carbocycles. The number of nitrogens with one attached hydrogen (secondary N) is 2. The number of anilines is 1. The maximum Gasteiger partial charge on any atom is 0.241 e. The van der Waals surface area contributed by atoms with Crippen molar-refractivity contribution in [2.45, 2.75) is 32.4 Å². The second-order valence-corrected chi connectivity index (χ2v) is 6.03. The molecule has 6 heteroatoms. The first-order chi connectivity index (χ1) is 11.6. The van der Waals surface area contributed by atoms with Gasteiger partial charge in [0.25, 0.3) is 0 Å². The van der Waals surface area contributed by atoms with Gasteiger partial charge in [-0.3, -0.25) is 4.79 Å². The second-order valence-electron chi connectivity index (χ2n) is 6.03. The number of ether oxygens (including phenoxy) is 1. The van der Waals surface area contributed by atoms with Crippen LogP contribution < -0.4 is 15.4 Å². The quantitative estimate of drug-likeness (QED) is 0.847. The summed E-state index contributed by atoms with van der Waals surface area (Å²) < 4.78 is 18.9. The molecule has 0 saturated carbocycles. The molecule has 4 nitrogen and oxygen atoms in total. The van der Waals surface area contributed by atoms with Gasteiger partial charge in [-0.1, -0.05) is 12.1 Å². The van der Waals surface area contributed by atoms with E-state index in [1.54, 1.807) is 6.07 Å². The molecular formula is C19H22ClFN2O2. The van der Waals surface area contributed by atoms with Gasteiger partial charge in [-0.25, -0.2) is 4.39 Å². The average molecular weight is 365 g/mol. The van der Waals surface area contributed by atoms with E-state index in [2.05, 4.69) is 10.6 Å². The van der Waals surface area contributed by atoms with Gasteiger partial charge in [0.1, 0.15) is 18.2 Å². The number of hydrogen-bond donors (Lipinski definition) is 2. The smallest absolute Gasteiger partial charge is 0.241 e. The van der Waals surface area contributed by atoms with Gasteiger partial charge in [-0.05, 0) is 67.8 Å². The van der Waals surface area contributed by atoms with Crippen LogP contribution >= 0.6 is 12.4 Å². The third-order valence-corrected chi connectivity index (χ3v) is 4.13. The van der Waals surface area contributed by atoms with Crippen LogP contribution in [-0.4, -0.2) is 18.5 Å². The molecule has 1 saturated heterocycles. The van der Waals surface area contributed by atoms with Gasteiger partial charge in [-0.15, -0.1) is 12.4 Å². The molecule has 1 aliphatic heterocycles. The molecule has 3 rings (SSSR count). The average Bonchev–Trinajstić information content (AvgIpc) is 3.10. The Bertz CT molecular complexity index is 733. The lowest BCUT2D eigenvalue weighted by Crippen LogP contribution is -2.35. The van der Waals surface area contributed by atoms with Crippen molar-refractivity contribution in [3.63, 3.8) is 0 Å². The first-order valence-electron chi connectivity index (χ1n) is 8.14. The number of hydrogen-bond acceptors (Lipinski definition) is 3. The highest BCUT2D eigenvalue weighted by Crippen LogP contribution is 2.23. The topological polar surface area (TPSA) is 50.4 Å². The molecule has 2 N–H and O–H groups in total. The molecule has 134 valence electrons. The molecule has 1 amide bonds. The van der Waals surface area contributed by atoms with Crippen LogP contribution in [0.15, 0.2) is 42.5 Å². The Morgan fingerprint density at radius 2 is 2.16 bits per heavy atom. The van der Waals surface area contributed by atoms with Gasteiger partial charge in [0.2, 0.25) is 5.91 Å². The summed E-state index contributed by atoms with van der Waals surface area (Å²) in [4.78, 5) is 12.2. The molecular weight excluding hydrogens is 343 g/mol. The van der Waals surface area contributed by atoms with E-state index >= 15 is 0 Å². The van der Waals surface area contributed by atoms with E-state index in [0.717, 1.165) is 36.2 Å². The summed E-state index contributed by atoms with van der Waals surface area (Å²) in [5.74, 6) is 0.420. The first kappa shape index (κ1) is 19.2. The summed E-state index contributed by atoms with van der Waals surface area (Å²) in [6, 6.07) is 11.8. The number of benzene rings is 2. The van der Waals surface area contributed by atoms with Crippen molar-refractivity contribution in [1.29, 1.82) is 0 Å².